The molecule has 1 aliphatic carbocycles. The number of rotatable bonds is 2. The molecule has 1 saturated heterocycles. The summed E-state index contributed by atoms with van der Waals surface area (Å²) in [5.74, 6) is -1.27. The average Bonchev–Trinajstić information content (AvgIpc) is 2.65. The highest BCUT2D eigenvalue weighted by Gasteiger charge is 2.43. The number of hydrogen-bond donors (Lipinski definition) is 1. The lowest BCUT2D eigenvalue weighted by atomic mass is 9.78. The molecule has 0 unspecified atom stereocenters. The first-order valence-corrected chi connectivity index (χ1v) is 5.64. The smallest absolute Gasteiger partial charge is 0.306 e. The first kappa shape index (κ1) is 10.9. The minimum Gasteiger partial charge on any atom is -0.481 e. The standard InChI is InChI=1S/C11H18O4/c1-8(10(12)13)9-3-2-4-11(7-9)14-5-6-15-11/h8-9H,2-7H2,1H3,(H,12,13)/t8-,9+/m1/s1. The van der Waals surface area contributed by atoms with E-state index in [2.05, 4.69) is 0 Å². The largest absolute Gasteiger partial charge is 0.481 e. The lowest BCUT2D eigenvalue weighted by Gasteiger charge is -2.37. The van der Waals surface area contributed by atoms with Crippen LogP contribution in [0.25, 0.3) is 0 Å². The first-order chi connectivity index (χ1) is 7.13. The van der Waals surface area contributed by atoms with Crippen LogP contribution in [0.5, 0.6) is 0 Å². The second-order valence-electron chi connectivity index (χ2n) is 4.59. The molecule has 2 atom stereocenters. The lowest BCUT2D eigenvalue weighted by molar-refractivity contribution is -0.192. The zero-order valence-corrected chi connectivity index (χ0v) is 9.07. The maximum absolute atomic E-state index is 10.9. The van der Waals surface area contributed by atoms with Crippen LogP contribution in [0.2, 0.25) is 0 Å². The van der Waals surface area contributed by atoms with Gasteiger partial charge in [0.15, 0.2) is 5.79 Å². The van der Waals surface area contributed by atoms with E-state index in [0.717, 1.165) is 25.7 Å². The Bertz CT molecular complexity index is 245. The van der Waals surface area contributed by atoms with Gasteiger partial charge in [-0.25, -0.2) is 0 Å². The molecular formula is C11H18O4. The summed E-state index contributed by atoms with van der Waals surface area (Å²) in [4.78, 5) is 10.9. The fraction of sp³-hybridized carbons (Fsp3) is 0.909. The molecule has 0 bridgehead atoms. The van der Waals surface area contributed by atoms with E-state index in [-0.39, 0.29) is 11.8 Å². The summed E-state index contributed by atoms with van der Waals surface area (Å²) in [6, 6.07) is 0. The summed E-state index contributed by atoms with van der Waals surface area (Å²) in [7, 11) is 0. The Hall–Kier alpha value is -0.610. The topological polar surface area (TPSA) is 55.8 Å². The molecule has 2 rings (SSSR count). The summed E-state index contributed by atoms with van der Waals surface area (Å²) >= 11 is 0. The fourth-order valence-electron chi connectivity index (χ4n) is 2.62. The van der Waals surface area contributed by atoms with Gasteiger partial charge in [-0.3, -0.25) is 4.79 Å². The summed E-state index contributed by atoms with van der Waals surface area (Å²) in [5, 5.41) is 8.98. The number of aliphatic carboxylic acids is 1. The molecule has 86 valence electrons. The molecule has 1 spiro atoms. The maximum Gasteiger partial charge on any atom is 0.306 e. The van der Waals surface area contributed by atoms with Crippen LogP contribution in [0.4, 0.5) is 0 Å². The molecule has 1 aliphatic heterocycles. The Labute approximate surface area is 89.6 Å². The van der Waals surface area contributed by atoms with Crippen molar-refractivity contribution in [3.8, 4) is 0 Å². The van der Waals surface area contributed by atoms with Crippen LogP contribution in [-0.4, -0.2) is 30.1 Å². The van der Waals surface area contributed by atoms with Crippen LogP contribution in [-0.2, 0) is 14.3 Å². The molecule has 4 nitrogen and oxygen atoms in total. The maximum atomic E-state index is 10.9. The van der Waals surface area contributed by atoms with Gasteiger partial charge in [-0.1, -0.05) is 6.92 Å². The number of carbonyl (C=O) groups is 1. The molecule has 2 aliphatic rings. The molecule has 0 aromatic heterocycles. The monoisotopic (exact) mass is 214 g/mol. The van der Waals surface area contributed by atoms with Crippen molar-refractivity contribution in [2.24, 2.45) is 11.8 Å². The predicted octanol–water partition coefficient (Wildman–Crippen LogP) is 1.64. The van der Waals surface area contributed by atoms with Crippen molar-refractivity contribution in [3.05, 3.63) is 0 Å². The van der Waals surface area contributed by atoms with E-state index in [0.29, 0.717) is 13.2 Å². The SMILES string of the molecule is C[C@@H](C(=O)O)[C@H]1CCCC2(C1)OCCO2. The molecule has 1 saturated carbocycles. The zero-order chi connectivity index (χ0) is 10.9. The zero-order valence-electron chi connectivity index (χ0n) is 9.07. The molecule has 2 fully saturated rings. The Kier molecular flexibility index (Phi) is 2.98. The molecule has 0 aromatic rings. The normalized spacial score (nSPS) is 31.7. The molecule has 1 N–H and O–H groups in total. The lowest BCUT2D eigenvalue weighted by Crippen LogP contribution is -2.39. The third-order valence-electron chi connectivity index (χ3n) is 3.62. The van der Waals surface area contributed by atoms with Crippen molar-refractivity contribution < 1.29 is 19.4 Å². The van der Waals surface area contributed by atoms with Gasteiger partial charge in [-0.15, -0.1) is 0 Å². The molecule has 4 heteroatoms. The van der Waals surface area contributed by atoms with Crippen molar-refractivity contribution in [2.75, 3.05) is 13.2 Å². The van der Waals surface area contributed by atoms with Crippen molar-refractivity contribution in [2.45, 2.75) is 38.4 Å². The van der Waals surface area contributed by atoms with Crippen LogP contribution >= 0.6 is 0 Å². The number of hydrogen-bond acceptors (Lipinski definition) is 3. The van der Waals surface area contributed by atoms with Crippen LogP contribution in [0.1, 0.15) is 32.6 Å². The van der Waals surface area contributed by atoms with E-state index in [1.54, 1.807) is 6.92 Å². The molecule has 15 heavy (non-hydrogen) atoms. The van der Waals surface area contributed by atoms with Crippen molar-refractivity contribution in [1.29, 1.82) is 0 Å². The third kappa shape index (κ3) is 2.16. The summed E-state index contributed by atoms with van der Waals surface area (Å²) in [6.07, 6.45) is 3.63. The highest BCUT2D eigenvalue weighted by Crippen LogP contribution is 2.41. The molecule has 1 heterocycles. The summed E-state index contributed by atoms with van der Waals surface area (Å²) in [5.41, 5.74) is 0. The summed E-state index contributed by atoms with van der Waals surface area (Å²) < 4.78 is 11.3. The Morgan fingerprint density at radius 2 is 2.13 bits per heavy atom. The van der Waals surface area contributed by atoms with Gasteiger partial charge in [-0.05, 0) is 18.8 Å². The van der Waals surface area contributed by atoms with E-state index in [1.807, 2.05) is 0 Å². The molecule has 0 amide bonds. The Morgan fingerprint density at radius 3 is 2.73 bits per heavy atom. The van der Waals surface area contributed by atoms with Crippen LogP contribution < -0.4 is 0 Å². The number of ether oxygens (including phenoxy) is 2. The van der Waals surface area contributed by atoms with Crippen LogP contribution in [0.3, 0.4) is 0 Å². The first-order valence-electron chi connectivity index (χ1n) is 5.64. The van der Waals surface area contributed by atoms with Crippen molar-refractivity contribution in [3.63, 3.8) is 0 Å². The number of carboxylic acid groups (broad SMARTS) is 1. The second-order valence-corrected chi connectivity index (χ2v) is 4.59. The van der Waals surface area contributed by atoms with Crippen LogP contribution in [0, 0.1) is 11.8 Å². The van der Waals surface area contributed by atoms with Gasteiger partial charge < -0.3 is 14.6 Å². The van der Waals surface area contributed by atoms with Gasteiger partial charge >= 0.3 is 5.97 Å². The second kappa shape index (κ2) is 4.10. The van der Waals surface area contributed by atoms with Gasteiger partial charge in [0.25, 0.3) is 0 Å². The fourth-order valence-corrected chi connectivity index (χ4v) is 2.62. The predicted molar refractivity (Wildman–Crippen MR) is 53.4 cm³/mol. The minimum absolute atomic E-state index is 0.189. The third-order valence-corrected chi connectivity index (χ3v) is 3.62. The average molecular weight is 214 g/mol. The van der Waals surface area contributed by atoms with Crippen molar-refractivity contribution >= 4 is 5.97 Å². The van der Waals surface area contributed by atoms with Gasteiger partial charge in [0.1, 0.15) is 0 Å². The van der Waals surface area contributed by atoms with Gasteiger partial charge in [0.2, 0.25) is 0 Å². The van der Waals surface area contributed by atoms with Gasteiger partial charge in [0.05, 0.1) is 19.1 Å². The van der Waals surface area contributed by atoms with E-state index in [9.17, 15) is 4.79 Å². The van der Waals surface area contributed by atoms with Gasteiger partial charge in [-0.2, -0.15) is 0 Å². The molecular weight excluding hydrogens is 196 g/mol. The highest BCUT2D eigenvalue weighted by molar-refractivity contribution is 5.69. The quantitative estimate of drug-likeness (QED) is 0.759. The van der Waals surface area contributed by atoms with E-state index in [4.69, 9.17) is 14.6 Å². The minimum atomic E-state index is -0.713. The van der Waals surface area contributed by atoms with Gasteiger partial charge in [0, 0.05) is 12.8 Å². The Morgan fingerprint density at radius 1 is 1.47 bits per heavy atom. The summed E-state index contributed by atoms with van der Waals surface area (Å²) in [6.45, 7) is 3.07. The highest BCUT2D eigenvalue weighted by atomic mass is 16.7. The molecule has 0 radical (unpaired) electrons. The van der Waals surface area contributed by atoms with E-state index >= 15 is 0 Å². The van der Waals surface area contributed by atoms with Crippen molar-refractivity contribution in [1.82, 2.24) is 0 Å². The van der Waals surface area contributed by atoms with E-state index < -0.39 is 11.8 Å². The molecule has 0 aromatic carbocycles. The Balaban J connectivity index is 2.00. The van der Waals surface area contributed by atoms with Crippen LogP contribution in [0.15, 0.2) is 0 Å². The van der Waals surface area contributed by atoms with E-state index in [1.165, 1.54) is 0 Å². The number of carboxylic acids is 1.